The fraction of sp³-hybridized carbons (Fsp3) is 1.00. The van der Waals surface area contributed by atoms with E-state index in [0.717, 1.165) is 25.7 Å². The van der Waals surface area contributed by atoms with Gasteiger partial charge in [-0.05, 0) is 31.7 Å². The van der Waals surface area contributed by atoms with Gasteiger partial charge in [0.1, 0.15) is 6.17 Å². The molecular weight excluding hydrogens is 129 g/mol. The summed E-state index contributed by atoms with van der Waals surface area (Å²) in [5, 5.41) is 0. The van der Waals surface area contributed by atoms with Crippen LogP contribution in [0.25, 0.3) is 0 Å². The number of rotatable bonds is 2. The van der Waals surface area contributed by atoms with Crippen molar-refractivity contribution in [3.63, 3.8) is 0 Å². The Morgan fingerprint density at radius 1 is 1.30 bits per heavy atom. The van der Waals surface area contributed by atoms with Gasteiger partial charge in [0.15, 0.2) is 0 Å². The summed E-state index contributed by atoms with van der Waals surface area (Å²) in [6.45, 7) is 0.644. The van der Waals surface area contributed by atoms with E-state index in [1.54, 1.807) is 0 Å². The van der Waals surface area contributed by atoms with E-state index in [0.29, 0.717) is 6.54 Å². The third kappa shape index (κ3) is 1.94. The lowest BCUT2D eigenvalue weighted by Crippen LogP contribution is -2.23. The Morgan fingerprint density at radius 2 is 2.00 bits per heavy atom. The van der Waals surface area contributed by atoms with Crippen LogP contribution in [0.1, 0.15) is 32.1 Å². The van der Waals surface area contributed by atoms with Crippen molar-refractivity contribution in [1.29, 1.82) is 0 Å². The van der Waals surface area contributed by atoms with E-state index >= 15 is 0 Å². The minimum atomic E-state index is -0.558. The van der Waals surface area contributed by atoms with Crippen LogP contribution in [0.5, 0.6) is 0 Å². The van der Waals surface area contributed by atoms with Crippen LogP contribution < -0.4 is 5.73 Å². The average Bonchev–Trinajstić information content (AvgIpc) is 1.94. The highest BCUT2D eigenvalue weighted by Crippen LogP contribution is 2.28. The van der Waals surface area contributed by atoms with Gasteiger partial charge in [0, 0.05) is 0 Å². The number of alkyl halides is 1. The normalized spacial score (nSPS) is 34.2. The van der Waals surface area contributed by atoms with Gasteiger partial charge in [-0.1, -0.05) is 12.8 Å². The largest absolute Gasteiger partial charge is 0.330 e. The van der Waals surface area contributed by atoms with Crippen molar-refractivity contribution in [3.05, 3.63) is 0 Å². The molecular formula is C8H16FN. The molecule has 0 unspecified atom stereocenters. The van der Waals surface area contributed by atoms with E-state index in [2.05, 4.69) is 0 Å². The molecule has 0 aromatic heterocycles. The molecule has 0 saturated heterocycles. The lowest BCUT2D eigenvalue weighted by Gasteiger charge is -2.24. The van der Waals surface area contributed by atoms with Crippen molar-refractivity contribution < 1.29 is 4.39 Å². The molecule has 0 aromatic carbocycles. The lowest BCUT2D eigenvalue weighted by molar-refractivity contribution is 0.159. The van der Waals surface area contributed by atoms with Gasteiger partial charge in [0.2, 0.25) is 0 Å². The van der Waals surface area contributed by atoms with Gasteiger partial charge in [0.05, 0.1) is 0 Å². The number of halogens is 1. The number of hydrogen-bond acceptors (Lipinski definition) is 1. The van der Waals surface area contributed by atoms with E-state index in [1.165, 1.54) is 6.42 Å². The summed E-state index contributed by atoms with van der Waals surface area (Å²) >= 11 is 0. The third-order valence-electron chi connectivity index (χ3n) is 2.35. The summed E-state index contributed by atoms with van der Waals surface area (Å²) in [5.74, 6) is 0.277. The molecule has 0 radical (unpaired) electrons. The highest BCUT2D eigenvalue weighted by atomic mass is 19.1. The summed E-state index contributed by atoms with van der Waals surface area (Å²) in [5.41, 5.74) is 5.35. The van der Waals surface area contributed by atoms with Gasteiger partial charge in [-0.15, -0.1) is 0 Å². The second kappa shape index (κ2) is 3.91. The first-order chi connectivity index (χ1) is 4.84. The molecule has 1 nitrogen and oxygen atoms in total. The molecule has 0 amide bonds. The molecule has 0 bridgehead atoms. The zero-order chi connectivity index (χ0) is 7.40. The van der Waals surface area contributed by atoms with E-state index < -0.39 is 6.17 Å². The Hall–Kier alpha value is -0.110. The zero-order valence-corrected chi connectivity index (χ0v) is 6.35. The fourth-order valence-electron chi connectivity index (χ4n) is 1.70. The first kappa shape index (κ1) is 7.99. The second-order valence-electron chi connectivity index (χ2n) is 3.14. The molecule has 1 saturated carbocycles. The molecule has 2 atom stereocenters. The van der Waals surface area contributed by atoms with Gasteiger partial charge in [-0.25, -0.2) is 4.39 Å². The zero-order valence-electron chi connectivity index (χ0n) is 6.35. The van der Waals surface area contributed by atoms with Crippen LogP contribution in [0.2, 0.25) is 0 Å². The Kier molecular flexibility index (Phi) is 3.13. The van der Waals surface area contributed by atoms with Crippen molar-refractivity contribution in [2.75, 3.05) is 6.54 Å². The molecule has 0 heterocycles. The maximum atomic E-state index is 13.0. The quantitative estimate of drug-likeness (QED) is 0.630. The van der Waals surface area contributed by atoms with Crippen molar-refractivity contribution in [2.24, 2.45) is 11.7 Å². The van der Waals surface area contributed by atoms with Crippen LogP contribution in [0.4, 0.5) is 4.39 Å². The lowest BCUT2D eigenvalue weighted by atomic mass is 9.85. The number of nitrogens with two attached hydrogens (primary N) is 1. The SMILES string of the molecule is NCC[C@@H]1CCCC[C@H]1F. The van der Waals surface area contributed by atoms with Gasteiger partial charge in [-0.3, -0.25) is 0 Å². The van der Waals surface area contributed by atoms with E-state index in [-0.39, 0.29) is 5.92 Å². The van der Waals surface area contributed by atoms with Crippen molar-refractivity contribution in [1.82, 2.24) is 0 Å². The predicted molar refractivity (Wildman–Crippen MR) is 40.5 cm³/mol. The molecule has 2 N–H and O–H groups in total. The van der Waals surface area contributed by atoms with E-state index in [1.807, 2.05) is 0 Å². The topological polar surface area (TPSA) is 26.0 Å². The van der Waals surface area contributed by atoms with E-state index in [4.69, 9.17) is 5.73 Å². The Bertz CT molecular complexity index is 93.3. The average molecular weight is 145 g/mol. The predicted octanol–water partition coefficient (Wildman–Crippen LogP) is 1.86. The van der Waals surface area contributed by atoms with Crippen molar-refractivity contribution >= 4 is 0 Å². The molecule has 1 aliphatic rings. The summed E-state index contributed by atoms with van der Waals surface area (Å²) in [7, 11) is 0. The first-order valence-electron chi connectivity index (χ1n) is 4.18. The minimum absolute atomic E-state index is 0.277. The van der Waals surface area contributed by atoms with Gasteiger partial charge < -0.3 is 5.73 Å². The van der Waals surface area contributed by atoms with Crippen LogP contribution in [-0.2, 0) is 0 Å². The number of hydrogen-bond donors (Lipinski definition) is 1. The maximum Gasteiger partial charge on any atom is 0.103 e. The van der Waals surface area contributed by atoms with Gasteiger partial charge in [0.25, 0.3) is 0 Å². The molecule has 60 valence electrons. The summed E-state index contributed by atoms with van der Waals surface area (Å²) < 4.78 is 13.0. The highest BCUT2D eigenvalue weighted by molar-refractivity contribution is 4.74. The fourth-order valence-corrected chi connectivity index (χ4v) is 1.70. The molecule has 1 aliphatic carbocycles. The molecule has 0 aromatic rings. The Morgan fingerprint density at radius 3 is 2.60 bits per heavy atom. The van der Waals surface area contributed by atoms with Gasteiger partial charge in [-0.2, -0.15) is 0 Å². The monoisotopic (exact) mass is 145 g/mol. The van der Waals surface area contributed by atoms with Crippen molar-refractivity contribution in [3.8, 4) is 0 Å². The Labute approximate surface area is 61.8 Å². The molecule has 10 heavy (non-hydrogen) atoms. The van der Waals surface area contributed by atoms with Crippen molar-refractivity contribution in [2.45, 2.75) is 38.3 Å². The van der Waals surface area contributed by atoms with Crippen LogP contribution in [0, 0.1) is 5.92 Å². The molecule has 0 spiro atoms. The van der Waals surface area contributed by atoms with Crippen LogP contribution in [0.3, 0.4) is 0 Å². The summed E-state index contributed by atoms with van der Waals surface area (Å²) in [4.78, 5) is 0. The summed E-state index contributed by atoms with van der Waals surface area (Å²) in [6.07, 6.45) is 4.41. The first-order valence-corrected chi connectivity index (χ1v) is 4.18. The summed E-state index contributed by atoms with van der Waals surface area (Å²) in [6, 6.07) is 0. The van der Waals surface area contributed by atoms with Crippen LogP contribution in [0.15, 0.2) is 0 Å². The maximum absolute atomic E-state index is 13.0. The molecule has 1 fully saturated rings. The van der Waals surface area contributed by atoms with Crippen LogP contribution in [-0.4, -0.2) is 12.7 Å². The van der Waals surface area contributed by atoms with Gasteiger partial charge >= 0.3 is 0 Å². The second-order valence-corrected chi connectivity index (χ2v) is 3.14. The minimum Gasteiger partial charge on any atom is -0.330 e. The third-order valence-corrected chi connectivity index (χ3v) is 2.35. The molecule has 0 aliphatic heterocycles. The highest BCUT2D eigenvalue weighted by Gasteiger charge is 2.23. The smallest absolute Gasteiger partial charge is 0.103 e. The standard InChI is InChI=1S/C8H16FN/c9-8-4-2-1-3-7(8)5-6-10/h7-8H,1-6,10H2/t7-,8+/m0/s1. The van der Waals surface area contributed by atoms with E-state index in [9.17, 15) is 4.39 Å². The molecule has 1 rings (SSSR count). The molecule has 2 heteroatoms. The Balaban J connectivity index is 2.25. The van der Waals surface area contributed by atoms with Crippen LogP contribution >= 0.6 is 0 Å².